The lowest BCUT2D eigenvalue weighted by atomic mass is 9.54. The van der Waals surface area contributed by atoms with E-state index in [1.807, 2.05) is 0 Å². The lowest BCUT2D eigenvalue weighted by Crippen LogP contribution is -2.61. The van der Waals surface area contributed by atoms with E-state index < -0.39 is 37.0 Å². The maximum absolute atomic E-state index is 10.9. The molecule has 0 aromatic heterocycles. The highest BCUT2D eigenvalue weighted by Gasteiger charge is 2.52. The minimum absolute atomic E-state index is 0.0605. The number of ether oxygens (including phenoxy) is 4. The standard InChI is InChI=1S/C26H46O8/c1-25-10-6-3-5-9-17(13-25)18(15-27)32-20-14-26(25,2)11-7-4-8-12-31-24-22(30)21(29)23(34-20)19(16-28)33-24/h17-24,27-30H,3-16H2,1-2H3. The summed E-state index contributed by atoms with van der Waals surface area (Å²) < 4.78 is 24.4. The largest absolute Gasteiger partial charge is 0.394 e. The molecule has 5 rings (SSSR count). The minimum Gasteiger partial charge on any atom is -0.394 e. The van der Waals surface area contributed by atoms with Crippen molar-refractivity contribution in [3.63, 3.8) is 0 Å². The fourth-order valence-corrected chi connectivity index (χ4v) is 6.92. The fraction of sp³-hybridized carbons (Fsp3) is 1.00. The van der Waals surface area contributed by atoms with Crippen LogP contribution in [-0.2, 0) is 18.9 Å². The van der Waals surface area contributed by atoms with Crippen LogP contribution in [-0.4, -0.2) is 83.3 Å². The van der Waals surface area contributed by atoms with E-state index in [-0.39, 0.29) is 36.1 Å². The molecule has 4 aliphatic heterocycles. The third-order valence-electron chi connectivity index (χ3n) is 9.41. The Morgan fingerprint density at radius 3 is 2.12 bits per heavy atom. The molecule has 4 saturated heterocycles. The Morgan fingerprint density at radius 2 is 1.41 bits per heavy atom. The van der Waals surface area contributed by atoms with Crippen molar-refractivity contribution >= 4 is 0 Å². The maximum Gasteiger partial charge on any atom is 0.186 e. The number of hydrogen-bond acceptors (Lipinski definition) is 8. The topological polar surface area (TPSA) is 118 Å². The summed E-state index contributed by atoms with van der Waals surface area (Å²) in [4.78, 5) is 0. The maximum atomic E-state index is 10.9. The van der Waals surface area contributed by atoms with Crippen LogP contribution in [0.3, 0.4) is 0 Å². The Balaban J connectivity index is 1.69. The van der Waals surface area contributed by atoms with Gasteiger partial charge in [-0.05, 0) is 48.9 Å². The molecule has 198 valence electrons. The molecule has 6 bridgehead atoms. The summed E-state index contributed by atoms with van der Waals surface area (Å²) >= 11 is 0. The first kappa shape index (κ1) is 26.7. The van der Waals surface area contributed by atoms with Gasteiger partial charge in [-0.1, -0.05) is 46.0 Å². The summed E-state index contributed by atoms with van der Waals surface area (Å²) in [5.74, 6) is 0.240. The molecule has 1 saturated carbocycles. The Labute approximate surface area is 203 Å². The van der Waals surface area contributed by atoms with Crippen molar-refractivity contribution in [1.82, 2.24) is 0 Å². The second kappa shape index (κ2) is 11.4. The van der Waals surface area contributed by atoms with Gasteiger partial charge in [0.05, 0.1) is 19.3 Å². The summed E-state index contributed by atoms with van der Waals surface area (Å²) in [5, 5.41) is 41.9. The minimum atomic E-state index is -1.28. The van der Waals surface area contributed by atoms with Gasteiger partial charge in [0.2, 0.25) is 0 Å². The van der Waals surface area contributed by atoms with E-state index in [4.69, 9.17) is 18.9 Å². The van der Waals surface area contributed by atoms with Crippen LogP contribution in [0.2, 0.25) is 0 Å². The molecular formula is C26H46O8. The lowest BCUT2D eigenvalue weighted by Gasteiger charge is -2.54. The predicted molar refractivity (Wildman–Crippen MR) is 125 cm³/mol. The summed E-state index contributed by atoms with van der Waals surface area (Å²) in [6.07, 6.45) is 4.90. The number of aliphatic hydroxyl groups excluding tert-OH is 4. The van der Waals surface area contributed by atoms with Crippen LogP contribution in [0.1, 0.15) is 84.5 Å². The average Bonchev–Trinajstić information content (AvgIpc) is 2.80. The third kappa shape index (κ3) is 5.49. The molecule has 0 amide bonds. The van der Waals surface area contributed by atoms with E-state index in [1.54, 1.807) is 0 Å². The molecule has 4 N–H and O–H groups in total. The van der Waals surface area contributed by atoms with Crippen molar-refractivity contribution in [3.8, 4) is 0 Å². The van der Waals surface area contributed by atoms with Gasteiger partial charge in [0, 0.05) is 13.0 Å². The Kier molecular flexibility index (Phi) is 8.95. The van der Waals surface area contributed by atoms with Crippen molar-refractivity contribution < 1.29 is 39.4 Å². The third-order valence-corrected chi connectivity index (χ3v) is 9.41. The molecule has 5 fully saturated rings. The normalized spacial score (nSPS) is 49.2. The van der Waals surface area contributed by atoms with Crippen molar-refractivity contribution in [3.05, 3.63) is 0 Å². The Morgan fingerprint density at radius 1 is 0.735 bits per heavy atom. The van der Waals surface area contributed by atoms with Crippen molar-refractivity contribution in [1.29, 1.82) is 0 Å². The summed E-state index contributed by atoms with van der Waals surface area (Å²) in [5.41, 5.74) is 0.0160. The van der Waals surface area contributed by atoms with E-state index in [9.17, 15) is 20.4 Å². The molecule has 10 atom stereocenters. The summed E-state index contributed by atoms with van der Waals surface area (Å²) in [6.45, 7) is 4.75. The molecule has 5 aliphatic rings. The molecule has 4 heterocycles. The van der Waals surface area contributed by atoms with Gasteiger partial charge < -0.3 is 39.4 Å². The van der Waals surface area contributed by atoms with Gasteiger partial charge in [-0.15, -0.1) is 0 Å². The van der Waals surface area contributed by atoms with Gasteiger partial charge >= 0.3 is 0 Å². The summed E-state index contributed by atoms with van der Waals surface area (Å²) in [7, 11) is 0. The van der Waals surface area contributed by atoms with Gasteiger partial charge in [-0.3, -0.25) is 0 Å². The molecule has 34 heavy (non-hydrogen) atoms. The van der Waals surface area contributed by atoms with E-state index in [1.165, 1.54) is 12.8 Å². The Bertz CT molecular complexity index is 646. The number of fused-ring (bicyclic) bond motifs is 9. The highest BCUT2D eigenvalue weighted by molar-refractivity contribution is 4.99. The average molecular weight is 487 g/mol. The van der Waals surface area contributed by atoms with E-state index in [2.05, 4.69) is 13.8 Å². The fourth-order valence-electron chi connectivity index (χ4n) is 6.92. The van der Waals surface area contributed by atoms with Gasteiger partial charge in [0.15, 0.2) is 12.6 Å². The zero-order valence-corrected chi connectivity index (χ0v) is 20.9. The lowest BCUT2D eigenvalue weighted by molar-refractivity contribution is -0.338. The van der Waals surface area contributed by atoms with Gasteiger partial charge in [-0.2, -0.15) is 0 Å². The highest BCUT2D eigenvalue weighted by atomic mass is 16.7. The van der Waals surface area contributed by atoms with E-state index in [0.29, 0.717) is 13.0 Å². The van der Waals surface area contributed by atoms with Gasteiger partial charge in [-0.25, -0.2) is 0 Å². The van der Waals surface area contributed by atoms with Crippen molar-refractivity contribution in [2.45, 2.75) is 128 Å². The molecule has 0 aromatic rings. The van der Waals surface area contributed by atoms with Gasteiger partial charge in [0.1, 0.15) is 24.4 Å². The number of aliphatic hydroxyl groups is 4. The number of rotatable bonds is 2. The molecule has 0 radical (unpaired) electrons. The number of hydrogen-bond donors (Lipinski definition) is 4. The summed E-state index contributed by atoms with van der Waals surface area (Å²) in [6, 6.07) is 0. The monoisotopic (exact) mass is 486 g/mol. The smallest absolute Gasteiger partial charge is 0.186 e. The second-order valence-corrected chi connectivity index (χ2v) is 11.7. The van der Waals surface area contributed by atoms with Crippen molar-refractivity contribution in [2.24, 2.45) is 16.7 Å². The first-order chi connectivity index (χ1) is 16.3. The SMILES string of the molecule is CC12CCCCCOC3OC(CO)C(OC(C1)OC(CO)C1CCCCCC2(C)C1)C(O)C3O. The van der Waals surface area contributed by atoms with Gasteiger partial charge in [0.25, 0.3) is 0 Å². The van der Waals surface area contributed by atoms with Crippen LogP contribution in [0.15, 0.2) is 0 Å². The molecule has 0 aromatic carbocycles. The van der Waals surface area contributed by atoms with Crippen LogP contribution in [0.5, 0.6) is 0 Å². The molecule has 10 unspecified atom stereocenters. The molecule has 1 aliphatic carbocycles. The zero-order valence-electron chi connectivity index (χ0n) is 20.9. The predicted octanol–water partition coefficient (Wildman–Crippen LogP) is 2.49. The van der Waals surface area contributed by atoms with Crippen LogP contribution in [0, 0.1) is 16.7 Å². The molecule has 8 nitrogen and oxygen atoms in total. The van der Waals surface area contributed by atoms with Crippen LogP contribution >= 0.6 is 0 Å². The first-order valence-corrected chi connectivity index (χ1v) is 13.5. The van der Waals surface area contributed by atoms with Crippen LogP contribution in [0.4, 0.5) is 0 Å². The van der Waals surface area contributed by atoms with Crippen LogP contribution in [0.25, 0.3) is 0 Å². The molecule has 8 heteroatoms. The molecule has 0 spiro atoms. The second-order valence-electron chi connectivity index (χ2n) is 11.7. The zero-order chi connectivity index (χ0) is 24.3. The quantitative estimate of drug-likeness (QED) is 0.470. The Hall–Kier alpha value is -0.320. The highest BCUT2D eigenvalue weighted by Crippen LogP contribution is 2.56. The van der Waals surface area contributed by atoms with Crippen molar-refractivity contribution in [2.75, 3.05) is 19.8 Å². The first-order valence-electron chi connectivity index (χ1n) is 13.5. The van der Waals surface area contributed by atoms with E-state index in [0.717, 1.165) is 51.4 Å². The molecular weight excluding hydrogens is 440 g/mol. The van der Waals surface area contributed by atoms with E-state index >= 15 is 0 Å². The van der Waals surface area contributed by atoms with Crippen LogP contribution < -0.4 is 0 Å².